The van der Waals surface area contributed by atoms with Crippen LogP contribution in [0.25, 0.3) is 0 Å². The van der Waals surface area contributed by atoms with E-state index in [4.69, 9.17) is 5.11 Å². The number of aryl methyl sites for hydroxylation is 1. The summed E-state index contributed by atoms with van der Waals surface area (Å²) in [7, 11) is 0. The molecule has 0 atom stereocenters. The van der Waals surface area contributed by atoms with Crippen molar-refractivity contribution in [3.63, 3.8) is 0 Å². The fraction of sp³-hybridized carbons (Fsp3) is 0.125. The number of rotatable bonds is 1. The highest BCUT2D eigenvalue weighted by Crippen LogP contribution is 2.19. The summed E-state index contributed by atoms with van der Waals surface area (Å²) in [6, 6.07) is 4.82. The van der Waals surface area contributed by atoms with E-state index in [0.29, 0.717) is 0 Å². The average Bonchev–Trinajstić information content (AvgIpc) is 1.94. The molecule has 0 amide bonds. The van der Waals surface area contributed by atoms with Crippen molar-refractivity contribution in [2.45, 2.75) is 6.92 Å². The van der Waals surface area contributed by atoms with E-state index in [2.05, 4.69) is 12.6 Å². The molecule has 3 heteroatoms. The number of phenolic OH excluding ortho intramolecular Hbond substituents is 1. The first-order valence-corrected chi connectivity index (χ1v) is 3.59. The van der Waals surface area contributed by atoms with Gasteiger partial charge in [-0.2, -0.15) is 0 Å². The molecule has 0 saturated carbocycles. The molecule has 2 nitrogen and oxygen atoms in total. The lowest BCUT2D eigenvalue weighted by Gasteiger charge is -1.99. The molecule has 0 aromatic heterocycles. The third-order valence-electron chi connectivity index (χ3n) is 1.38. The van der Waals surface area contributed by atoms with E-state index in [9.17, 15) is 4.79 Å². The van der Waals surface area contributed by atoms with Crippen molar-refractivity contribution in [2.75, 3.05) is 0 Å². The van der Waals surface area contributed by atoms with Crippen LogP contribution in [-0.4, -0.2) is 10.2 Å². The topological polar surface area (TPSA) is 37.3 Å². The summed E-state index contributed by atoms with van der Waals surface area (Å²) in [5, 5.41) is 8.72. The van der Waals surface area contributed by atoms with Gasteiger partial charge < -0.3 is 5.11 Å². The van der Waals surface area contributed by atoms with Crippen LogP contribution in [0.5, 0.6) is 5.75 Å². The van der Waals surface area contributed by atoms with Crippen molar-refractivity contribution in [1.82, 2.24) is 0 Å². The van der Waals surface area contributed by atoms with E-state index >= 15 is 0 Å². The van der Waals surface area contributed by atoms with Crippen LogP contribution < -0.4 is 0 Å². The molecule has 0 aliphatic rings. The highest BCUT2D eigenvalue weighted by Gasteiger charge is 2.05. The van der Waals surface area contributed by atoms with E-state index in [1.807, 2.05) is 6.92 Å². The maximum Gasteiger partial charge on any atom is 0.220 e. The maximum absolute atomic E-state index is 10.7. The molecule has 0 unspecified atom stereocenters. The van der Waals surface area contributed by atoms with Crippen molar-refractivity contribution >= 4 is 17.7 Å². The lowest BCUT2D eigenvalue weighted by Crippen LogP contribution is -1.89. The summed E-state index contributed by atoms with van der Waals surface area (Å²) in [6.45, 7) is 1.85. The van der Waals surface area contributed by atoms with Crippen LogP contribution in [-0.2, 0) is 0 Å². The number of benzene rings is 1. The molecule has 1 aromatic carbocycles. The van der Waals surface area contributed by atoms with Gasteiger partial charge >= 0.3 is 0 Å². The van der Waals surface area contributed by atoms with Gasteiger partial charge in [0.05, 0.1) is 5.56 Å². The van der Waals surface area contributed by atoms with Gasteiger partial charge in [-0.15, -0.1) is 12.6 Å². The number of phenols is 1. The number of hydrogen-bond acceptors (Lipinski definition) is 2. The standard InChI is InChI=1S/C8H8O2S/c1-5-2-3-7(9)6(4-5)8(10)11/h2-4,9H,1H3,(H,10,11). The van der Waals surface area contributed by atoms with E-state index in [0.717, 1.165) is 5.56 Å². The molecule has 0 heterocycles. The monoisotopic (exact) mass is 168 g/mol. The third-order valence-corrected chi connectivity index (χ3v) is 1.62. The van der Waals surface area contributed by atoms with Crippen molar-refractivity contribution in [3.05, 3.63) is 29.3 Å². The normalized spacial score (nSPS) is 9.64. The first kappa shape index (κ1) is 8.14. The first-order chi connectivity index (χ1) is 5.11. The number of carbonyl (C=O) groups excluding carboxylic acids is 1. The molecule has 0 bridgehead atoms. The lowest BCUT2D eigenvalue weighted by atomic mass is 10.1. The smallest absolute Gasteiger partial charge is 0.220 e. The number of carbonyl (C=O) groups is 1. The van der Waals surface area contributed by atoms with Crippen molar-refractivity contribution in [1.29, 1.82) is 0 Å². The van der Waals surface area contributed by atoms with Gasteiger partial charge in [0, 0.05) is 0 Å². The molecule has 0 saturated heterocycles. The second kappa shape index (κ2) is 2.96. The lowest BCUT2D eigenvalue weighted by molar-refractivity contribution is 0.108. The Kier molecular flexibility index (Phi) is 2.19. The Labute approximate surface area is 70.3 Å². The fourth-order valence-electron chi connectivity index (χ4n) is 0.821. The molecule has 0 aliphatic heterocycles. The van der Waals surface area contributed by atoms with E-state index in [1.165, 1.54) is 6.07 Å². The first-order valence-electron chi connectivity index (χ1n) is 3.14. The van der Waals surface area contributed by atoms with E-state index < -0.39 is 5.12 Å². The van der Waals surface area contributed by atoms with Gasteiger partial charge in [0.15, 0.2) is 0 Å². The molecular weight excluding hydrogens is 160 g/mol. The van der Waals surface area contributed by atoms with Gasteiger partial charge in [-0.3, -0.25) is 4.79 Å². The second-order valence-corrected chi connectivity index (χ2v) is 2.73. The zero-order valence-electron chi connectivity index (χ0n) is 6.03. The van der Waals surface area contributed by atoms with Crippen LogP contribution in [0.3, 0.4) is 0 Å². The van der Waals surface area contributed by atoms with E-state index in [-0.39, 0.29) is 11.3 Å². The minimum Gasteiger partial charge on any atom is -0.507 e. The highest BCUT2D eigenvalue weighted by atomic mass is 32.1. The van der Waals surface area contributed by atoms with Gasteiger partial charge in [-0.05, 0) is 19.1 Å². The molecule has 58 valence electrons. The molecule has 1 rings (SSSR count). The minimum atomic E-state index is -0.411. The summed E-state index contributed by atoms with van der Waals surface area (Å²) in [5.74, 6) is -0.0180. The average molecular weight is 168 g/mol. The summed E-state index contributed by atoms with van der Waals surface area (Å²) in [4.78, 5) is 10.7. The fourth-order valence-corrected chi connectivity index (χ4v) is 1.00. The van der Waals surface area contributed by atoms with Crippen molar-refractivity contribution in [3.8, 4) is 5.75 Å². The molecule has 11 heavy (non-hydrogen) atoms. The Morgan fingerprint density at radius 1 is 1.55 bits per heavy atom. The third kappa shape index (κ3) is 1.74. The van der Waals surface area contributed by atoms with Gasteiger partial charge in [-0.25, -0.2) is 0 Å². The zero-order valence-corrected chi connectivity index (χ0v) is 6.93. The number of aromatic hydroxyl groups is 1. The van der Waals surface area contributed by atoms with Gasteiger partial charge in [0.1, 0.15) is 5.75 Å². The van der Waals surface area contributed by atoms with Crippen LogP contribution in [0.2, 0.25) is 0 Å². The van der Waals surface area contributed by atoms with Gasteiger partial charge in [0.25, 0.3) is 0 Å². The summed E-state index contributed by atoms with van der Waals surface area (Å²) in [6.07, 6.45) is 0. The minimum absolute atomic E-state index is 0.0180. The highest BCUT2D eigenvalue weighted by molar-refractivity contribution is 7.97. The molecule has 1 N–H and O–H groups in total. The Morgan fingerprint density at radius 3 is 2.64 bits per heavy atom. The predicted octanol–water partition coefficient (Wildman–Crippen LogP) is 1.77. The summed E-state index contributed by atoms with van der Waals surface area (Å²) >= 11 is 3.61. The molecule has 0 radical (unpaired) electrons. The quantitative estimate of drug-likeness (QED) is 0.627. The summed E-state index contributed by atoms with van der Waals surface area (Å²) < 4.78 is 0. The van der Waals surface area contributed by atoms with Crippen molar-refractivity contribution < 1.29 is 9.90 Å². The molecule has 0 fully saturated rings. The summed E-state index contributed by atoms with van der Waals surface area (Å²) in [5.41, 5.74) is 1.19. The number of hydrogen-bond donors (Lipinski definition) is 2. The Bertz CT molecular complexity index is 294. The van der Waals surface area contributed by atoms with Gasteiger partial charge in [0.2, 0.25) is 5.12 Å². The predicted molar refractivity (Wildman–Crippen MR) is 46.2 cm³/mol. The van der Waals surface area contributed by atoms with Crippen LogP contribution in [0.4, 0.5) is 0 Å². The Hall–Kier alpha value is -0.960. The van der Waals surface area contributed by atoms with Crippen LogP contribution in [0, 0.1) is 6.92 Å². The Balaban J connectivity index is 3.23. The molecule has 1 aromatic rings. The van der Waals surface area contributed by atoms with Crippen LogP contribution in [0.1, 0.15) is 15.9 Å². The molecule has 0 aliphatic carbocycles. The zero-order chi connectivity index (χ0) is 8.43. The molecule has 0 spiro atoms. The Morgan fingerprint density at radius 2 is 2.18 bits per heavy atom. The maximum atomic E-state index is 10.7. The SMILES string of the molecule is Cc1ccc(O)c(C(=O)S)c1. The number of thiol groups is 1. The van der Waals surface area contributed by atoms with Crippen LogP contribution >= 0.6 is 12.6 Å². The largest absolute Gasteiger partial charge is 0.507 e. The van der Waals surface area contributed by atoms with Crippen molar-refractivity contribution in [2.24, 2.45) is 0 Å². The van der Waals surface area contributed by atoms with Gasteiger partial charge in [-0.1, -0.05) is 11.6 Å². The van der Waals surface area contributed by atoms with E-state index in [1.54, 1.807) is 12.1 Å². The molecular formula is C8H8O2S. The van der Waals surface area contributed by atoms with Crippen LogP contribution in [0.15, 0.2) is 18.2 Å². The second-order valence-electron chi connectivity index (χ2n) is 2.33.